The van der Waals surface area contributed by atoms with Crippen LogP contribution in [0, 0.1) is 0 Å². The molecule has 1 aromatic rings. The van der Waals surface area contributed by atoms with Gasteiger partial charge in [-0.15, -0.1) is 0 Å². The molecule has 0 saturated heterocycles. The normalized spacial score (nSPS) is 10.4. The van der Waals surface area contributed by atoms with Gasteiger partial charge < -0.3 is 9.63 Å². The Bertz CT molecular complexity index is 210. The average Bonchev–Trinajstić information content (AvgIpc) is 2.48. The largest absolute Gasteiger partial charge is 0.387 e. The third kappa shape index (κ3) is 2.31. The van der Waals surface area contributed by atoms with Gasteiger partial charge in [0.1, 0.15) is 6.61 Å². The fourth-order valence-electron chi connectivity index (χ4n) is 0.791. The van der Waals surface area contributed by atoms with Gasteiger partial charge in [-0.3, -0.25) is 0 Å². The molecule has 4 nitrogen and oxygen atoms in total. The third-order valence-corrected chi connectivity index (χ3v) is 1.40. The van der Waals surface area contributed by atoms with E-state index in [1.165, 1.54) is 0 Å². The van der Waals surface area contributed by atoms with Crippen molar-refractivity contribution in [2.45, 2.75) is 32.8 Å². The maximum absolute atomic E-state index is 8.58. The second-order valence-electron chi connectivity index (χ2n) is 2.37. The van der Waals surface area contributed by atoms with Gasteiger partial charge in [-0.25, -0.2) is 0 Å². The van der Waals surface area contributed by atoms with Crippen LogP contribution in [0.5, 0.6) is 0 Å². The van der Waals surface area contributed by atoms with Crippen LogP contribution in [0.25, 0.3) is 0 Å². The SMILES string of the molecule is CCCCc1noc(CO)n1. The van der Waals surface area contributed by atoms with Crippen molar-refractivity contribution in [3.05, 3.63) is 11.7 Å². The number of aliphatic hydroxyl groups is 1. The van der Waals surface area contributed by atoms with E-state index < -0.39 is 0 Å². The summed E-state index contributed by atoms with van der Waals surface area (Å²) in [5.41, 5.74) is 0. The summed E-state index contributed by atoms with van der Waals surface area (Å²) < 4.78 is 4.70. The fourth-order valence-corrected chi connectivity index (χ4v) is 0.791. The molecule has 62 valence electrons. The van der Waals surface area contributed by atoms with Gasteiger partial charge in [-0.2, -0.15) is 4.98 Å². The Morgan fingerprint density at radius 2 is 2.36 bits per heavy atom. The average molecular weight is 156 g/mol. The fraction of sp³-hybridized carbons (Fsp3) is 0.714. The minimum Gasteiger partial charge on any atom is -0.387 e. The first kappa shape index (κ1) is 8.20. The van der Waals surface area contributed by atoms with Crippen LogP contribution in [0.4, 0.5) is 0 Å². The van der Waals surface area contributed by atoms with Crippen molar-refractivity contribution >= 4 is 0 Å². The van der Waals surface area contributed by atoms with Crippen molar-refractivity contribution in [2.24, 2.45) is 0 Å². The molecule has 0 bridgehead atoms. The monoisotopic (exact) mass is 156 g/mol. The van der Waals surface area contributed by atoms with Gasteiger partial charge >= 0.3 is 0 Å². The highest BCUT2D eigenvalue weighted by Crippen LogP contribution is 2.01. The Morgan fingerprint density at radius 1 is 1.55 bits per heavy atom. The third-order valence-electron chi connectivity index (χ3n) is 1.40. The van der Waals surface area contributed by atoms with Crippen LogP contribution in [0.1, 0.15) is 31.5 Å². The molecule has 1 rings (SSSR count). The highest BCUT2D eigenvalue weighted by Gasteiger charge is 2.02. The summed E-state index contributed by atoms with van der Waals surface area (Å²) in [5.74, 6) is 0.993. The van der Waals surface area contributed by atoms with Crippen LogP contribution in [-0.4, -0.2) is 15.2 Å². The zero-order valence-corrected chi connectivity index (χ0v) is 6.58. The van der Waals surface area contributed by atoms with E-state index in [1.54, 1.807) is 0 Å². The summed E-state index contributed by atoms with van der Waals surface area (Å²) in [6.45, 7) is 1.94. The second-order valence-corrected chi connectivity index (χ2v) is 2.37. The summed E-state index contributed by atoms with van der Waals surface area (Å²) in [6.07, 6.45) is 3.01. The molecule has 0 aliphatic carbocycles. The Kier molecular flexibility index (Phi) is 3.04. The quantitative estimate of drug-likeness (QED) is 0.703. The first-order valence-electron chi connectivity index (χ1n) is 3.79. The van der Waals surface area contributed by atoms with E-state index in [2.05, 4.69) is 17.1 Å². The number of aromatic nitrogens is 2. The summed E-state index contributed by atoms with van der Waals surface area (Å²) in [6, 6.07) is 0. The number of aliphatic hydroxyl groups excluding tert-OH is 1. The molecule has 0 radical (unpaired) electrons. The van der Waals surface area contributed by atoms with Gasteiger partial charge in [0.15, 0.2) is 5.82 Å². The van der Waals surface area contributed by atoms with Crippen LogP contribution in [0.15, 0.2) is 4.52 Å². The van der Waals surface area contributed by atoms with Gasteiger partial charge in [-0.05, 0) is 6.42 Å². The van der Waals surface area contributed by atoms with Crippen molar-refractivity contribution < 1.29 is 9.63 Å². The van der Waals surface area contributed by atoms with Crippen molar-refractivity contribution in [1.29, 1.82) is 0 Å². The van der Waals surface area contributed by atoms with Crippen LogP contribution in [-0.2, 0) is 13.0 Å². The highest BCUT2D eigenvalue weighted by atomic mass is 16.5. The Labute approximate surface area is 65.2 Å². The summed E-state index contributed by atoms with van der Waals surface area (Å²) in [5, 5.41) is 12.3. The molecule has 0 spiro atoms. The first-order chi connectivity index (χ1) is 5.36. The van der Waals surface area contributed by atoms with Crippen LogP contribution in [0.2, 0.25) is 0 Å². The molecule has 0 aliphatic heterocycles. The van der Waals surface area contributed by atoms with Gasteiger partial charge in [0.25, 0.3) is 5.89 Å². The molecule has 1 heterocycles. The lowest BCUT2D eigenvalue weighted by atomic mass is 10.2. The topological polar surface area (TPSA) is 59.2 Å². The Balaban J connectivity index is 2.44. The van der Waals surface area contributed by atoms with Gasteiger partial charge in [0.2, 0.25) is 0 Å². The molecule has 0 saturated carbocycles. The highest BCUT2D eigenvalue weighted by molar-refractivity contribution is 4.84. The minimum absolute atomic E-state index is 0.168. The van der Waals surface area contributed by atoms with E-state index in [1.807, 2.05) is 0 Å². The van der Waals surface area contributed by atoms with Gasteiger partial charge in [0, 0.05) is 6.42 Å². The lowest BCUT2D eigenvalue weighted by molar-refractivity contribution is 0.222. The molecule has 0 fully saturated rings. The number of unbranched alkanes of at least 4 members (excludes halogenated alkanes) is 1. The van der Waals surface area contributed by atoms with E-state index in [0.29, 0.717) is 11.7 Å². The molecule has 1 N–H and O–H groups in total. The zero-order chi connectivity index (χ0) is 8.10. The molecule has 1 aromatic heterocycles. The van der Waals surface area contributed by atoms with E-state index in [4.69, 9.17) is 9.63 Å². The second kappa shape index (κ2) is 4.08. The standard InChI is InChI=1S/C7H12N2O2/c1-2-3-4-6-8-7(5-10)11-9-6/h10H,2-5H2,1H3. The maximum Gasteiger partial charge on any atom is 0.252 e. The van der Waals surface area contributed by atoms with Crippen LogP contribution >= 0.6 is 0 Å². The van der Waals surface area contributed by atoms with Crippen LogP contribution in [0.3, 0.4) is 0 Å². The summed E-state index contributed by atoms with van der Waals surface area (Å²) in [7, 11) is 0. The molecule has 0 unspecified atom stereocenters. The van der Waals surface area contributed by atoms with Gasteiger partial charge in [-0.1, -0.05) is 18.5 Å². The van der Waals surface area contributed by atoms with Crippen molar-refractivity contribution in [3.63, 3.8) is 0 Å². The number of nitrogens with zero attached hydrogens (tertiary/aromatic N) is 2. The summed E-state index contributed by atoms with van der Waals surface area (Å²) in [4.78, 5) is 3.94. The zero-order valence-electron chi connectivity index (χ0n) is 6.58. The molecule has 11 heavy (non-hydrogen) atoms. The number of hydrogen-bond donors (Lipinski definition) is 1. The predicted octanol–water partition coefficient (Wildman–Crippen LogP) is 0.904. The van der Waals surface area contributed by atoms with Crippen LogP contribution < -0.4 is 0 Å². The first-order valence-corrected chi connectivity index (χ1v) is 3.79. The lowest BCUT2D eigenvalue weighted by Crippen LogP contribution is -1.88. The van der Waals surface area contributed by atoms with E-state index in [0.717, 1.165) is 19.3 Å². The molecule has 0 amide bonds. The number of rotatable bonds is 4. The number of hydrogen-bond acceptors (Lipinski definition) is 4. The van der Waals surface area contributed by atoms with E-state index >= 15 is 0 Å². The van der Waals surface area contributed by atoms with E-state index in [-0.39, 0.29) is 6.61 Å². The van der Waals surface area contributed by atoms with Crippen molar-refractivity contribution in [2.75, 3.05) is 0 Å². The minimum atomic E-state index is -0.168. The van der Waals surface area contributed by atoms with E-state index in [9.17, 15) is 0 Å². The molecular formula is C7H12N2O2. The molecule has 0 aromatic carbocycles. The molecule has 0 aliphatic rings. The van der Waals surface area contributed by atoms with Gasteiger partial charge in [0.05, 0.1) is 0 Å². The molecule has 0 atom stereocenters. The Morgan fingerprint density at radius 3 is 2.91 bits per heavy atom. The molecule has 4 heteroatoms. The summed E-state index contributed by atoms with van der Waals surface area (Å²) >= 11 is 0. The molecular weight excluding hydrogens is 144 g/mol. The predicted molar refractivity (Wildman–Crippen MR) is 38.8 cm³/mol. The van der Waals surface area contributed by atoms with Crippen molar-refractivity contribution in [3.8, 4) is 0 Å². The lowest BCUT2D eigenvalue weighted by Gasteiger charge is -1.87. The number of aryl methyl sites for hydroxylation is 1. The maximum atomic E-state index is 8.58. The Hall–Kier alpha value is -0.900. The van der Waals surface area contributed by atoms with Crippen molar-refractivity contribution in [1.82, 2.24) is 10.1 Å². The smallest absolute Gasteiger partial charge is 0.252 e.